The number of benzene rings is 1. The molecule has 1 amide bonds. The maximum atomic E-state index is 14.2. The first kappa shape index (κ1) is 15.5. The summed E-state index contributed by atoms with van der Waals surface area (Å²) in [5.74, 6) is -0.623. The van der Waals surface area contributed by atoms with Crippen LogP contribution in [0.2, 0.25) is 0 Å². The highest BCUT2D eigenvalue weighted by atomic mass is 19.1. The van der Waals surface area contributed by atoms with Crippen molar-refractivity contribution in [3.05, 3.63) is 42.2 Å². The van der Waals surface area contributed by atoms with Crippen LogP contribution in [-0.2, 0) is 0 Å². The zero-order valence-corrected chi connectivity index (χ0v) is 12.4. The highest BCUT2D eigenvalue weighted by molar-refractivity contribution is 5.94. The summed E-state index contributed by atoms with van der Waals surface area (Å²) >= 11 is 0. The Labute approximate surface area is 125 Å². The van der Waals surface area contributed by atoms with E-state index in [1.807, 2.05) is 4.90 Å². The number of carbonyl (C=O) groups excluding carboxylic acids is 1. The summed E-state index contributed by atoms with van der Waals surface area (Å²) in [6.07, 6.45) is 1.59. The topological polar surface area (TPSA) is 35.6 Å². The minimum Gasteiger partial charge on any atom is -0.367 e. The van der Waals surface area contributed by atoms with E-state index in [9.17, 15) is 9.18 Å². The van der Waals surface area contributed by atoms with Crippen molar-refractivity contribution < 1.29 is 9.18 Å². The largest absolute Gasteiger partial charge is 0.367 e. The van der Waals surface area contributed by atoms with E-state index in [1.165, 1.54) is 6.07 Å². The van der Waals surface area contributed by atoms with Crippen molar-refractivity contribution >= 4 is 11.6 Å². The van der Waals surface area contributed by atoms with Crippen LogP contribution < -0.4 is 10.2 Å². The highest BCUT2D eigenvalue weighted by Gasteiger charge is 2.19. The van der Waals surface area contributed by atoms with Crippen molar-refractivity contribution in [2.75, 3.05) is 44.2 Å². The van der Waals surface area contributed by atoms with Gasteiger partial charge in [0.05, 0.1) is 5.69 Å². The summed E-state index contributed by atoms with van der Waals surface area (Å²) in [7, 11) is 0. The number of halogens is 1. The number of piperazine rings is 1. The van der Waals surface area contributed by atoms with Crippen LogP contribution in [0, 0.1) is 5.82 Å². The molecule has 0 radical (unpaired) electrons. The van der Waals surface area contributed by atoms with E-state index < -0.39 is 0 Å². The van der Waals surface area contributed by atoms with Gasteiger partial charge in [-0.3, -0.25) is 4.79 Å². The van der Waals surface area contributed by atoms with Crippen LogP contribution in [0.5, 0.6) is 0 Å². The van der Waals surface area contributed by atoms with E-state index >= 15 is 0 Å². The van der Waals surface area contributed by atoms with Gasteiger partial charge in [-0.15, -0.1) is 6.58 Å². The van der Waals surface area contributed by atoms with Gasteiger partial charge in [-0.25, -0.2) is 4.39 Å². The summed E-state index contributed by atoms with van der Waals surface area (Å²) in [5.41, 5.74) is 0.913. The Morgan fingerprint density at radius 1 is 1.38 bits per heavy atom. The molecule has 114 valence electrons. The molecule has 0 aliphatic carbocycles. The fourth-order valence-corrected chi connectivity index (χ4v) is 2.48. The van der Waals surface area contributed by atoms with Crippen molar-refractivity contribution in [1.82, 2.24) is 10.2 Å². The van der Waals surface area contributed by atoms with Gasteiger partial charge < -0.3 is 15.1 Å². The quantitative estimate of drug-likeness (QED) is 0.842. The van der Waals surface area contributed by atoms with Gasteiger partial charge >= 0.3 is 0 Å². The minimum absolute atomic E-state index is 0.281. The number of amides is 1. The molecule has 1 aromatic carbocycles. The van der Waals surface area contributed by atoms with Gasteiger partial charge in [0, 0.05) is 38.3 Å². The first-order valence-electron chi connectivity index (χ1n) is 7.31. The Morgan fingerprint density at radius 3 is 2.67 bits per heavy atom. The first-order chi connectivity index (χ1) is 10.2. The SMILES string of the molecule is C=CCNC(=O)c1ccc(N2CCN(CC)CC2)c(F)c1. The molecule has 1 saturated heterocycles. The van der Waals surface area contributed by atoms with Gasteiger partial charge in [0.15, 0.2) is 0 Å². The number of nitrogens with one attached hydrogen (secondary N) is 1. The van der Waals surface area contributed by atoms with Gasteiger partial charge in [-0.2, -0.15) is 0 Å². The van der Waals surface area contributed by atoms with Crippen LogP contribution >= 0.6 is 0 Å². The van der Waals surface area contributed by atoms with Crippen LogP contribution in [0.1, 0.15) is 17.3 Å². The second-order valence-electron chi connectivity index (χ2n) is 5.09. The third-order valence-electron chi connectivity index (χ3n) is 3.78. The van der Waals surface area contributed by atoms with E-state index in [1.54, 1.807) is 18.2 Å². The monoisotopic (exact) mass is 291 g/mol. The van der Waals surface area contributed by atoms with E-state index in [-0.39, 0.29) is 11.7 Å². The Balaban J connectivity index is 2.05. The number of nitrogens with zero attached hydrogens (tertiary/aromatic N) is 2. The van der Waals surface area contributed by atoms with Crippen LogP contribution in [0.3, 0.4) is 0 Å². The van der Waals surface area contributed by atoms with Crippen LogP contribution in [0.15, 0.2) is 30.9 Å². The number of carbonyl (C=O) groups is 1. The van der Waals surface area contributed by atoms with Crippen LogP contribution in [0.4, 0.5) is 10.1 Å². The number of hydrogen-bond acceptors (Lipinski definition) is 3. The lowest BCUT2D eigenvalue weighted by Gasteiger charge is -2.35. The number of hydrogen-bond donors (Lipinski definition) is 1. The Morgan fingerprint density at radius 2 is 2.10 bits per heavy atom. The van der Waals surface area contributed by atoms with Gasteiger partial charge in [-0.05, 0) is 24.7 Å². The maximum absolute atomic E-state index is 14.2. The van der Waals surface area contributed by atoms with Crippen molar-refractivity contribution in [2.24, 2.45) is 0 Å². The average molecular weight is 291 g/mol. The van der Waals surface area contributed by atoms with Crippen molar-refractivity contribution in [1.29, 1.82) is 0 Å². The predicted molar refractivity (Wildman–Crippen MR) is 83.3 cm³/mol. The molecule has 21 heavy (non-hydrogen) atoms. The molecule has 1 fully saturated rings. The molecule has 1 heterocycles. The first-order valence-corrected chi connectivity index (χ1v) is 7.31. The molecule has 0 spiro atoms. The molecule has 5 heteroatoms. The normalized spacial score (nSPS) is 15.8. The molecule has 0 saturated carbocycles. The molecule has 0 bridgehead atoms. The van der Waals surface area contributed by atoms with Gasteiger partial charge in [0.25, 0.3) is 5.91 Å². The zero-order valence-electron chi connectivity index (χ0n) is 12.4. The fourth-order valence-electron chi connectivity index (χ4n) is 2.48. The van der Waals surface area contributed by atoms with E-state index in [0.29, 0.717) is 17.8 Å². The van der Waals surface area contributed by atoms with Gasteiger partial charge in [-0.1, -0.05) is 13.0 Å². The molecule has 0 aromatic heterocycles. The smallest absolute Gasteiger partial charge is 0.251 e. The summed E-state index contributed by atoms with van der Waals surface area (Å²) in [5, 5.41) is 2.64. The highest BCUT2D eigenvalue weighted by Crippen LogP contribution is 2.22. The number of rotatable bonds is 5. The minimum atomic E-state index is -0.341. The molecule has 1 aliphatic heterocycles. The Hall–Kier alpha value is -1.88. The van der Waals surface area contributed by atoms with Crippen LogP contribution in [-0.4, -0.2) is 50.1 Å². The summed E-state index contributed by atoms with van der Waals surface area (Å²) in [6, 6.07) is 4.67. The lowest BCUT2D eigenvalue weighted by atomic mass is 10.1. The fraction of sp³-hybridized carbons (Fsp3) is 0.438. The lowest BCUT2D eigenvalue weighted by Crippen LogP contribution is -2.46. The zero-order chi connectivity index (χ0) is 15.2. The van der Waals surface area contributed by atoms with E-state index in [2.05, 4.69) is 23.7 Å². The van der Waals surface area contributed by atoms with Crippen molar-refractivity contribution in [3.8, 4) is 0 Å². The standard InChI is InChI=1S/C16H22FN3O/c1-3-7-18-16(21)13-5-6-15(14(17)12-13)20-10-8-19(4-2)9-11-20/h3,5-6,12H,1,4,7-11H2,2H3,(H,18,21). The summed E-state index contributed by atoms with van der Waals surface area (Å²) in [4.78, 5) is 16.2. The molecule has 1 aliphatic rings. The Kier molecular flexibility index (Phi) is 5.33. The third kappa shape index (κ3) is 3.82. The Bertz CT molecular complexity index is 510. The number of anilines is 1. The second-order valence-corrected chi connectivity index (χ2v) is 5.09. The van der Waals surface area contributed by atoms with E-state index in [0.717, 1.165) is 32.7 Å². The molecular weight excluding hydrogens is 269 g/mol. The summed E-state index contributed by atoms with van der Waals surface area (Å²) < 4.78 is 14.2. The lowest BCUT2D eigenvalue weighted by molar-refractivity contribution is 0.0957. The molecule has 2 rings (SSSR count). The second kappa shape index (κ2) is 7.22. The van der Waals surface area contributed by atoms with Crippen molar-refractivity contribution in [3.63, 3.8) is 0 Å². The van der Waals surface area contributed by atoms with Gasteiger partial charge in [0.1, 0.15) is 5.82 Å². The van der Waals surface area contributed by atoms with E-state index in [4.69, 9.17) is 0 Å². The van der Waals surface area contributed by atoms with Crippen LogP contribution in [0.25, 0.3) is 0 Å². The van der Waals surface area contributed by atoms with Crippen molar-refractivity contribution in [2.45, 2.75) is 6.92 Å². The molecular formula is C16H22FN3O. The average Bonchev–Trinajstić information content (AvgIpc) is 2.52. The molecule has 0 unspecified atom stereocenters. The predicted octanol–water partition coefficient (Wildman–Crippen LogP) is 1.88. The number of likely N-dealkylation sites (N-methyl/N-ethyl adjacent to an activating group) is 1. The maximum Gasteiger partial charge on any atom is 0.251 e. The van der Waals surface area contributed by atoms with Gasteiger partial charge in [0.2, 0.25) is 0 Å². The summed E-state index contributed by atoms with van der Waals surface area (Å²) in [6.45, 7) is 10.6. The molecule has 0 atom stereocenters. The molecule has 4 nitrogen and oxygen atoms in total. The molecule has 1 aromatic rings. The third-order valence-corrected chi connectivity index (χ3v) is 3.78. The molecule has 1 N–H and O–H groups in total.